The molecule has 1 N–H and O–H groups in total. The Hall–Kier alpha value is -3.92. The predicted molar refractivity (Wildman–Crippen MR) is 128 cm³/mol. The summed E-state index contributed by atoms with van der Waals surface area (Å²) < 4.78 is 23.9. The third-order valence-electron chi connectivity index (χ3n) is 4.83. The number of furan rings is 1. The largest absolute Gasteiger partial charge is 0.495 e. The molecule has 34 heavy (non-hydrogen) atoms. The lowest BCUT2D eigenvalue weighted by Crippen LogP contribution is -2.15. The molecule has 0 aliphatic carbocycles. The normalized spacial score (nSPS) is 10.6. The number of benzene rings is 2. The number of aromatic nitrogens is 3. The highest BCUT2D eigenvalue weighted by Crippen LogP contribution is 2.28. The quantitative estimate of drug-likeness (QED) is 0.318. The van der Waals surface area contributed by atoms with E-state index in [4.69, 9.17) is 18.6 Å². The van der Waals surface area contributed by atoms with Crippen LogP contribution in [0.1, 0.15) is 11.6 Å². The Bertz CT molecular complexity index is 1230. The first-order valence-electron chi connectivity index (χ1n) is 10.4. The molecule has 0 aliphatic rings. The second kappa shape index (κ2) is 11.3. The van der Waals surface area contributed by atoms with E-state index in [1.165, 1.54) is 11.8 Å². The van der Waals surface area contributed by atoms with E-state index in [1.807, 2.05) is 53.1 Å². The number of ether oxygens (including phenoxy) is 3. The molecule has 0 radical (unpaired) electrons. The molecule has 0 fully saturated rings. The van der Waals surface area contributed by atoms with Gasteiger partial charge in [-0.25, -0.2) is 0 Å². The van der Waals surface area contributed by atoms with Gasteiger partial charge in [-0.3, -0.25) is 9.36 Å². The van der Waals surface area contributed by atoms with Crippen molar-refractivity contribution in [1.29, 1.82) is 0 Å². The molecule has 2 aromatic heterocycles. The Labute approximate surface area is 201 Å². The topological polar surface area (TPSA) is 101 Å². The van der Waals surface area contributed by atoms with E-state index < -0.39 is 0 Å². The Morgan fingerprint density at radius 3 is 2.44 bits per heavy atom. The van der Waals surface area contributed by atoms with Crippen molar-refractivity contribution in [3.8, 4) is 17.2 Å². The molecule has 0 atom stereocenters. The fraction of sp³-hybridized carbons (Fsp3) is 0.208. The number of rotatable bonds is 11. The fourth-order valence-corrected chi connectivity index (χ4v) is 3.95. The molecule has 2 heterocycles. The summed E-state index contributed by atoms with van der Waals surface area (Å²) in [5.74, 6) is 3.10. The van der Waals surface area contributed by atoms with E-state index in [1.54, 1.807) is 32.6 Å². The summed E-state index contributed by atoms with van der Waals surface area (Å²) in [5.41, 5.74) is 0.610. The molecule has 0 unspecified atom stereocenters. The maximum absolute atomic E-state index is 12.6. The molecule has 0 spiro atoms. The van der Waals surface area contributed by atoms with Crippen molar-refractivity contribution < 1.29 is 23.4 Å². The molecule has 4 rings (SSSR count). The standard InChI is InChI=1S/C24H24N4O5S/c1-30-19-10-4-3-9-18(19)25-23(29)16-34-24-27-26-22(28(24)14-17-8-7-13-32-17)15-33-21-12-6-5-11-20(21)31-2/h3-13H,14-16H2,1-2H3,(H,25,29). The fourth-order valence-electron chi connectivity index (χ4n) is 3.19. The molecule has 0 bridgehead atoms. The van der Waals surface area contributed by atoms with Gasteiger partial charge in [-0.15, -0.1) is 10.2 Å². The van der Waals surface area contributed by atoms with Crippen LogP contribution in [-0.4, -0.2) is 40.6 Å². The predicted octanol–water partition coefficient (Wildman–Crippen LogP) is 4.25. The monoisotopic (exact) mass is 480 g/mol. The number of para-hydroxylation sites is 4. The van der Waals surface area contributed by atoms with Crippen LogP contribution in [0.25, 0.3) is 0 Å². The van der Waals surface area contributed by atoms with Crippen LogP contribution in [0.2, 0.25) is 0 Å². The van der Waals surface area contributed by atoms with E-state index in [2.05, 4.69) is 15.5 Å². The summed E-state index contributed by atoms with van der Waals surface area (Å²) in [6.45, 7) is 0.573. The van der Waals surface area contributed by atoms with E-state index in [9.17, 15) is 4.79 Å². The minimum atomic E-state index is -0.186. The van der Waals surface area contributed by atoms with Gasteiger partial charge in [0.25, 0.3) is 0 Å². The number of carbonyl (C=O) groups excluding carboxylic acids is 1. The lowest BCUT2D eigenvalue weighted by atomic mass is 10.3. The zero-order valence-corrected chi connectivity index (χ0v) is 19.6. The van der Waals surface area contributed by atoms with E-state index in [0.29, 0.717) is 40.5 Å². The molecule has 176 valence electrons. The van der Waals surface area contributed by atoms with Gasteiger partial charge in [0.1, 0.15) is 18.1 Å². The Morgan fingerprint density at radius 2 is 1.71 bits per heavy atom. The summed E-state index contributed by atoms with van der Waals surface area (Å²) in [6, 6.07) is 18.3. The highest BCUT2D eigenvalue weighted by molar-refractivity contribution is 7.99. The number of methoxy groups -OCH3 is 2. The molecule has 1 amide bonds. The van der Waals surface area contributed by atoms with Crippen LogP contribution in [-0.2, 0) is 17.9 Å². The van der Waals surface area contributed by atoms with Gasteiger partial charge < -0.3 is 23.9 Å². The number of hydrogen-bond acceptors (Lipinski definition) is 8. The third-order valence-corrected chi connectivity index (χ3v) is 5.79. The van der Waals surface area contributed by atoms with Crippen molar-refractivity contribution in [3.05, 3.63) is 78.5 Å². The zero-order valence-electron chi connectivity index (χ0n) is 18.8. The maximum atomic E-state index is 12.6. The van der Waals surface area contributed by atoms with Gasteiger partial charge in [-0.2, -0.15) is 0 Å². The number of thioether (sulfide) groups is 1. The minimum absolute atomic E-state index is 0.141. The van der Waals surface area contributed by atoms with Gasteiger partial charge in [-0.05, 0) is 36.4 Å². The van der Waals surface area contributed by atoms with Crippen LogP contribution in [0.3, 0.4) is 0 Å². The first kappa shape index (κ1) is 23.2. The van der Waals surface area contributed by atoms with Crippen LogP contribution in [0, 0.1) is 0 Å². The van der Waals surface area contributed by atoms with Crippen LogP contribution >= 0.6 is 11.8 Å². The number of nitrogens with one attached hydrogen (secondary N) is 1. The molecule has 2 aromatic carbocycles. The van der Waals surface area contributed by atoms with Crippen molar-refractivity contribution in [2.45, 2.75) is 18.3 Å². The van der Waals surface area contributed by atoms with Gasteiger partial charge in [0.15, 0.2) is 22.5 Å². The molecule has 0 aliphatic heterocycles. The summed E-state index contributed by atoms with van der Waals surface area (Å²) in [4.78, 5) is 12.6. The molecule has 9 nitrogen and oxygen atoms in total. The number of hydrogen-bond donors (Lipinski definition) is 1. The first-order chi connectivity index (χ1) is 16.7. The van der Waals surface area contributed by atoms with Gasteiger partial charge in [0.05, 0.1) is 38.5 Å². The van der Waals surface area contributed by atoms with Crippen molar-refractivity contribution in [2.75, 3.05) is 25.3 Å². The second-order valence-electron chi connectivity index (χ2n) is 7.04. The highest BCUT2D eigenvalue weighted by atomic mass is 32.2. The summed E-state index contributed by atoms with van der Waals surface area (Å²) in [7, 11) is 3.15. The van der Waals surface area contributed by atoms with Crippen molar-refractivity contribution in [3.63, 3.8) is 0 Å². The number of amides is 1. The zero-order chi connectivity index (χ0) is 23.8. The van der Waals surface area contributed by atoms with E-state index in [-0.39, 0.29) is 18.3 Å². The van der Waals surface area contributed by atoms with Crippen molar-refractivity contribution in [1.82, 2.24) is 14.8 Å². The molecule has 0 saturated heterocycles. The summed E-state index contributed by atoms with van der Waals surface area (Å²) in [6.07, 6.45) is 1.61. The Morgan fingerprint density at radius 1 is 0.971 bits per heavy atom. The van der Waals surface area contributed by atoms with Gasteiger partial charge in [0, 0.05) is 0 Å². The third kappa shape index (κ3) is 5.70. The van der Waals surface area contributed by atoms with E-state index in [0.717, 1.165) is 5.76 Å². The van der Waals surface area contributed by atoms with E-state index >= 15 is 0 Å². The lowest BCUT2D eigenvalue weighted by molar-refractivity contribution is -0.113. The van der Waals surface area contributed by atoms with Crippen molar-refractivity contribution >= 4 is 23.4 Å². The second-order valence-corrected chi connectivity index (χ2v) is 7.98. The molecule has 4 aromatic rings. The van der Waals surface area contributed by atoms with Gasteiger partial charge in [-0.1, -0.05) is 36.0 Å². The number of carbonyl (C=O) groups is 1. The number of nitrogens with zero attached hydrogens (tertiary/aromatic N) is 3. The van der Waals surface area contributed by atoms with Crippen molar-refractivity contribution in [2.24, 2.45) is 0 Å². The minimum Gasteiger partial charge on any atom is -0.495 e. The summed E-state index contributed by atoms with van der Waals surface area (Å²) >= 11 is 1.27. The Balaban J connectivity index is 1.47. The average molecular weight is 481 g/mol. The maximum Gasteiger partial charge on any atom is 0.234 e. The molecule has 10 heteroatoms. The van der Waals surface area contributed by atoms with Gasteiger partial charge in [0.2, 0.25) is 5.91 Å². The molecule has 0 saturated carbocycles. The number of anilines is 1. The van der Waals surface area contributed by atoms with Gasteiger partial charge >= 0.3 is 0 Å². The average Bonchev–Trinajstić information content (AvgIpc) is 3.52. The first-order valence-corrected chi connectivity index (χ1v) is 11.4. The molecular weight excluding hydrogens is 456 g/mol. The Kier molecular flexibility index (Phi) is 7.71. The van der Waals surface area contributed by atoms with Crippen LogP contribution < -0.4 is 19.5 Å². The van der Waals surface area contributed by atoms with Crippen LogP contribution in [0.5, 0.6) is 17.2 Å². The lowest BCUT2D eigenvalue weighted by Gasteiger charge is -2.12. The van der Waals surface area contributed by atoms with Crippen LogP contribution in [0.15, 0.2) is 76.5 Å². The van der Waals surface area contributed by atoms with Crippen LogP contribution in [0.4, 0.5) is 5.69 Å². The molecular formula is C24H24N4O5S. The SMILES string of the molecule is COc1ccccc1NC(=O)CSc1nnc(COc2ccccc2OC)n1Cc1ccco1. The highest BCUT2D eigenvalue weighted by Gasteiger charge is 2.17. The summed E-state index contributed by atoms with van der Waals surface area (Å²) in [5, 5.41) is 12.0. The smallest absolute Gasteiger partial charge is 0.234 e.